The average Bonchev–Trinajstić information content (AvgIpc) is 3.25. The second kappa shape index (κ2) is 8.24. The van der Waals surface area contributed by atoms with Gasteiger partial charge in [0.15, 0.2) is 5.82 Å². The maximum absolute atomic E-state index is 12.5. The summed E-state index contributed by atoms with van der Waals surface area (Å²) in [4.78, 5) is 18.7. The number of carbonyl (C=O) groups excluding carboxylic acids is 1. The first kappa shape index (κ1) is 18.3. The summed E-state index contributed by atoms with van der Waals surface area (Å²) in [5.41, 5.74) is 0.959. The third-order valence-corrected chi connectivity index (χ3v) is 4.99. The van der Waals surface area contributed by atoms with Crippen LogP contribution in [0, 0.1) is 0 Å². The van der Waals surface area contributed by atoms with Gasteiger partial charge in [0.1, 0.15) is 11.3 Å². The van der Waals surface area contributed by atoms with Gasteiger partial charge in [-0.1, -0.05) is 12.1 Å². The van der Waals surface area contributed by atoms with Crippen molar-refractivity contribution in [1.82, 2.24) is 30.0 Å². The van der Waals surface area contributed by atoms with Crippen LogP contribution in [0.25, 0.3) is 10.2 Å². The van der Waals surface area contributed by atoms with Gasteiger partial charge >= 0.3 is 6.03 Å². The number of ether oxygens (including phenoxy) is 1. The van der Waals surface area contributed by atoms with Crippen molar-refractivity contribution in [2.24, 2.45) is 0 Å². The first-order valence-electron chi connectivity index (χ1n) is 8.31. The Labute approximate surface area is 155 Å². The monoisotopic (exact) mass is 374 g/mol. The lowest BCUT2D eigenvalue weighted by Gasteiger charge is -2.20. The topological polar surface area (TPSA) is 85.2 Å². The van der Waals surface area contributed by atoms with Gasteiger partial charge in [-0.3, -0.25) is 0 Å². The molecule has 0 fully saturated rings. The molecule has 9 heteroatoms. The zero-order valence-corrected chi connectivity index (χ0v) is 15.9. The zero-order valence-electron chi connectivity index (χ0n) is 15.0. The van der Waals surface area contributed by atoms with Crippen LogP contribution in [0.2, 0.25) is 0 Å². The molecule has 138 valence electrons. The highest BCUT2D eigenvalue weighted by atomic mass is 32.1. The van der Waals surface area contributed by atoms with E-state index in [1.165, 1.54) is 0 Å². The van der Waals surface area contributed by atoms with Gasteiger partial charge in [0.25, 0.3) is 0 Å². The molecule has 8 nitrogen and oxygen atoms in total. The van der Waals surface area contributed by atoms with Crippen LogP contribution in [0.3, 0.4) is 0 Å². The van der Waals surface area contributed by atoms with Crippen molar-refractivity contribution >= 4 is 27.6 Å². The van der Waals surface area contributed by atoms with Gasteiger partial charge in [-0.25, -0.2) is 9.78 Å². The fourth-order valence-corrected chi connectivity index (χ4v) is 3.60. The molecule has 2 aromatic heterocycles. The summed E-state index contributed by atoms with van der Waals surface area (Å²) >= 11 is 1.60. The second-order valence-corrected chi connectivity index (χ2v) is 7.09. The quantitative estimate of drug-likeness (QED) is 0.686. The number of nitrogens with zero attached hydrogens (tertiary/aromatic N) is 5. The molecule has 2 heterocycles. The molecule has 0 saturated carbocycles. The third kappa shape index (κ3) is 4.17. The molecule has 0 spiro atoms. The molecule has 0 aliphatic rings. The van der Waals surface area contributed by atoms with Crippen LogP contribution < -0.4 is 5.32 Å². The molecule has 0 aliphatic heterocycles. The van der Waals surface area contributed by atoms with Crippen LogP contribution in [0.15, 0.2) is 30.6 Å². The lowest BCUT2D eigenvalue weighted by Crippen LogP contribution is -2.39. The highest BCUT2D eigenvalue weighted by molar-refractivity contribution is 7.18. The van der Waals surface area contributed by atoms with E-state index in [4.69, 9.17) is 4.74 Å². The highest BCUT2D eigenvalue weighted by Gasteiger charge is 2.19. The molecular weight excluding hydrogens is 352 g/mol. The van der Waals surface area contributed by atoms with E-state index in [9.17, 15) is 4.79 Å². The van der Waals surface area contributed by atoms with E-state index < -0.39 is 0 Å². The second-order valence-electron chi connectivity index (χ2n) is 5.98. The Kier molecular flexibility index (Phi) is 5.79. The number of hydrogen-bond acceptors (Lipinski definition) is 6. The highest BCUT2D eigenvalue weighted by Crippen LogP contribution is 2.22. The number of thiazole rings is 1. The number of carbonyl (C=O) groups is 1. The maximum Gasteiger partial charge on any atom is 0.318 e. The summed E-state index contributed by atoms with van der Waals surface area (Å²) in [7, 11) is 3.40. The molecule has 26 heavy (non-hydrogen) atoms. The SMILES string of the molecule is COCCn1cnnc1[C@H](C)NC(=O)N(C)Cc1nc2ccccc2s1. The molecule has 0 aliphatic carbocycles. The fourth-order valence-electron chi connectivity index (χ4n) is 2.58. The molecule has 1 atom stereocenters. The Hall–Kier alpha value is -2.52. The minimum Gasteiger partial charge on any atom is -0.383 e. The van der Waals surface area contributed by atoms with Gasteiger partial charge in [-0.15, -0.1) is 21.5 Å². The summed E-state index contributed by atoms with van der Waals surface area (Å²) < 4.78 is 8.08. The van der Waals surface area contributed by atoms with E-state index in [0.717, 1.165) is 15.2 Å². The lowest BCUT2D eigenvalue weighted by molar-refractivity contribution is 0.184. The molecule has 3 rings (SSSR count). The number of rotatable bonds is 7. The Morgan fingerprint density at radius 3 is 3.00 bits per heavy atom. The summed E-state index contributed by atoms with van der Waals surface area (Å²) in [5.74, 6) is 0.698. The van der Waals surface area contributed by atoms with Crippen LogP contribution in [0.1, 0.15) is 23.8 Å². The van der Waals surface area contributed by atoms with Crippen molar-refractivity contribution in [3.8, 4) is 0 Å². The summed E-state index contributed by atoms with van der Waals surface area (Å²) in [6.07, 6.45) is 1.64. The molecule has 1 aromatic carbocycles. The molecule has 0 radical (unpaired) electrons. The predicted molar refractivity (Wildman–Crippen MR) is 99.9 cm³/mol. The van der Waals surface area contributed by atoms with Crippen LogP contribution in [-0.2, 0) is 17.8 Å². The average molecular weight is 374 g/mol. The third-order valence-electron chi connectivity index (χ3n) is 3.97. The zero-order chi connectivity index (χ0) is 18.5. The predicted octanol–water partition coefficient (Wildman–Crippen LogP) is 2.44. The number of nitrogens with one attached hydrogen (secondary N) is 1. The first-order chi connectivity index (χ1) is 12.6. The Bertz CT molecular complexity index is 844. The van der Waals surface area contributed by atoms with Gasteiger partial charge in [-0.2, -0.15) is 0 Å². The lowest BCUT2D eigenvalue weighted by atomic mass is 10.3. The molecule has 3 aromatic rings. The summed E-state index contributed by atoms with van der Waals surface area (Å²) in [6, 6.07) is 7.51. The molecule has 0 bridgehead atoms. The number of benzene rings is 1. The van der Waals surface area contributed by atoms with Gasteiger partial charge in [0.2, 0.25) is 0 Å². The first-order valence-corrected chi connectivity index (χ1v) is 9.13. The van der Waals surface area contributed by atoms with Gasteiger partial charge in [0.05, 0.1) is 29.4 Å². The molecular formula is C17H22N6O2S. The van der Waals surface area contributed by atoms with E-state index in [1.54, 1.807) is 36.7 Å². The van der Waals surface area contributed by atoms with Crippen molar-refractivity contribution in [2.75, 3.05) is 20.8 Å². The standard InChI is InChI=1S/C17H22N6O2S/c1-12(16-21-18-11-23(16)8-9-25-3)19-17(24)22(2)10-15-20-13-6-4-5-7-14(13)26-15/h4-7,11-12H,8-10H2,1-3H3,(H,19,24)/t12-/m0/s1. The van der Waals surface area contributed by atoms with E-state index in [2.05, 4.69) is 20.5 Å². The van der Waals surface area contributed by atoms with E-state index in [0.29, 0.717) is 25.5 Å². The normalized spacial score (nSPS) is 12.3. The van der Waals surface area contributed by atoms with E-state index in [1.807, 2.05) is 35.8 Å². The largest absolute Gasteiger partial charge is 0.383 e. The van der Waals surface area contributed by atoms with Crippen molar-refractivity contribution in [3.63, 3.8) is 0 Å². The van der Waals surface area contributed by atoms with Crippen LogP contribution >= 0.6 is 11.3 Å². The molecule has 0 saturated heterocycles. The minimum atomic E-state index is -0.264. The summed E-state index contributed by atoms with van der Waals surface area (Å²) in [6.45, 7) is 3.54. The van der Waals surface area contributed by atoms with Crippen LogP contribution in [-0.4, -0.2) is 51.4 Å². The van der Waals surface area contributed by atoms with Crippen LogP contribution in [0.4, 0.5) is 4.79 Å². The van der Waals surface area contributed by atoms with Crippen molar-refractivity contribution in [2.45, 2.75) is 26.1 Å². The van der Waals surface area contributed by atoms with Crippen molar-refractivity contribution in [3.05, 3.63) is 41.4 Å². The number of methoxy groups -OCH3 is 1. The number of urea groups is 1. The Morgan fingerprint density at radius 2 is 2.23 bits per heavy atom. The minimum absolute atomic E-state index is 0.182. The number of amides is 2. The number of fused-ring (bicyclic) bond motifs is 1. The number of aromatic nitrogens is 4. The van der Waals surface area contributed by atoms with Gasteiger partial charge < -0.3 is 19.5 Å². The molecule has 0 unspecified atom stereocenters. The molecule has 2 amide bonds. The van der Waals surface area contributed by atoms with Gasteiger partial charge in [0, 0.05) is 20.7 Å². The van der Waals surface area contributed by atoms with Crippen molar-refractivity contribution < 1.29 is 9.53 Å². The maximum atomic E-state index is 12.5. The fraction of sp³-hybridized carbons (Fsp3) is 0.412. The molecule has 1 N–H and O–H groups in total. The number of para-hydroxylation sites is 1. The Morgan fingerprint density at radius 1 is 1.42 bits per heavy atom. The smallest absolute Gasteiger partial charge is 0.318 e. The van der Waals surface area contributed by atoms with E-state index in [-0.39, 0.29) is 12.1 Å². The van der Waals surface area contributed by atoms with Crippen LogP contribution in [0.5, 0.6) is 0 Å². The van der Waals surface area contributed by atoms with Gasteiger partial charge in [-0.05, 0) is 19.1 Å². The Balaban J connectivity index is 1.60. The summed E-state index contributed by atoms with van der Waals surface area (Å²) in [5, 5.41) is 11.9. The number of hydrogen-bond donors (Lipinski definition) is 1. The van der Waals surface area contributed by atoms with Crippen molar-refractivity contribution in [1.29, 1.82) is 0 Å². The van der Waals surface area contributed by atoms with E-state index >= 15 is 0 Å².